The van der Waals surface area contributed by atoms with Gasteiger partial charge in [-0.15, -0.1) is 15.3 Å². The van der Waals surface area contributed by atoms with Crippen LogP contribution in [0, 0.1) is 17.7 Å². The van der Waals surface area contributed by atoms with Gasteiger partial charge in [-0.1, -0.05) is 25.0 Å². The second kappa shape index (κ2) is 5.79. The van der Waals surface area contributed by atoms with Crippen molar-refractivity contribution >= 4 is 11.5 Å². The quantitative estimate of drug-likeness (QED) is 0.717. The lowest BCUT2D eigenvalue weighted by Crippen LogP contribution is -2.21. The molecule has 5 rings (SSSR count). The molecule has 5 nitrogen and oxygen atoms in total. The molecule has 1 aliphatic heterocycles. The molecule has 2 aromatic heterocycles. The van der Waals surface area contributed by atoms with Gasteiger partial charge in [-0.3, -0.25) is 0 Å². The third kappa shape index (κ3) is 2.47. The van der Waals surface area contributed by atoms with Crippen molar-refractivity contribution < 1.29 is 4.39 Å². The maximum Gasteiger partial charge on any atom is 0.188 e. The SMILES string of the molecule is Fc1ccccc1-c1nnc2ccc(N3C[C@H]4CCCC[C@H]4C3)nn12. The van der Waals surface area contributed by atoms with E-state index in [1.54, 1.807) is 22.7 Å². The van der Waals surface area contributed by atoms with Crippen molar-refractivity contribution in [3.05, 3.63) is 42.2 Å². The smallest absolute Gasteiger partial charge is 0.188 e. The van der Waals surface area contributed by atoms with Crippen molar-refractivity contribution in [2.24, 2.45) is 11.8 Å². The fraction of sp³-hybridized carbons (Fsp3) is 0.421. The van der Waals surface area contributed by atoms with Crippen molar-refractivity contribution in [3.8, 4) is 11.4 Å². The Morgan fingerprint density at radius 2 is 1.68 bits per heavy atom. The zero-order valence-corrected chi connectivity index (χ0v) is 14.0. The number of hydrogen-bond donors (Lipinski definition) is 0. The summed E-state index contributed by atoms with van der Waals surface area (Å²) in [6.07, 6.45) is 5.36. The fourth-order valence-corrected chi connectivity index (χ4v) is 4.35. The van der Waals surface area contributed by atoms with Crippen LogP contribution in [-0.2, 0) is 0 Å². The lowest BCUT2D eigenvalue weighted by Gasteiger charge is -2.22. The summed E-state index contributed by atoms with van der Waals surface area (Å²) in [7, 11) is 0. The molecule has 25 heavy (non-hydrogen) atoms. The highest BCUT2D eigenvalue weighted by atomic mass is 19.1. The molecule has 2 atom stereocenters. The molecule has 2 aliphatic rings. The van der Waals surface area contributed by atoms with Gasteiger partial charge in [-0.2, -0.15) is 4.52 Å². The Hall–Kier alpha value is -2.50. The molecule has 3 aromatic rings. The van der Waals surface area contributed by atoms with Crippen LogP contribution in [0.15, 0.2) is 36.4 Å². The number of rotatable bonds is 2. The maximum absolute atomic E-state index is 14.2. The summed E-state index contributed by atoms with van der Waals surface area (Å²) >= 11 is 0. The molecular formula is C19H20FN5. The summed E-state index contributed by atoms with van der Waals surface area (Å²) in [5.74, 6) is 2.65. The van der Waals surface area contributed by atoms with Gasteiger partial charge in [0.15, 0.2) is 11.5 Å². The Morgan fingerprint density at radius 1 is 0.920 bits per heavy atom. The molecule has 1 aliphatic carbocycles. The van der Waals surface area contributed by atoms with Gasteiger partial charge in [0.05, 0.1) is 5.56 Å². The number of nitrogens with zero attached hydrogens (tertiary/aromatic N) is 5. The lowest BCUT2D eigenvalue weighted by molar-refractivity contribution is 0.299. The van der Waals surface area contributed by atoms with Gasteiger partial charge >= 0.3 is 0 Å². The molecule has 0 spiro atoms. The summed E-state index contributed by atoms with van der Waals surface area (Å²) in [5.41, 5.74) is 1.06. The van der Waals surface area contributed by atoms with Gasteiger partial charge in [0.25, 0.3) is 0 Å². The molecule has 0 N–H and O–H groups in total. The third-order valence-corrected chi connectivity index (χ3v) is 5.66. The van der Waals surface area contributed by atoms with E-state index in [4.69, 9.17) is 5.10 Å². The first-order chi connectivity index (χ1) is 12.3. The van der Waals surface area contributed by atoms with E-state index in [2.05, 4.69) is 15.1 Å². The molecule has 1 saturated carbocycles. The van der Waals surface area contributed by atoms with Crippen LogP contribution in [0.2, 0.25) is 0 Å². The largest absolute Gasteiger partial charge is 0.355 e. The molecule has 0 radical (unpaired) electrons. The Kier molecular flexibility index (Phi) is 3.43. The van der Waals surface area contributed by atoms with Gasteiger partial charge in [0.1, 0.15) is 11.6 Å². The summed E-state index contributed by atoms with van der Waals surface area (Å²) in [5, 5.41) is 13.0. The second-order valence-electron chi connectivity index (χ2n) is 7.17. The van der Waals surface area contributed by atoms with Gasteiger partial charge < -0.3 is 4.90 Å². The van der Waals surface area contributed by atoms with Gasteiger partial charge in [0, 0.05) is 13.1 Å². The fourth-order valence-electron chi connectivity index (χ4n) is 4.35. The molecule has 1 aromatic carbocycles. The number of hydrogen-bond acceptors (Lipinski definition) is 4. The van der Waals surface area contributed by atoms with E-state index >= 15 is 0 Å². The van der Waals surface area contributed by atoms with Crippen LogP contribution in [0.4, 0.5) is 10.2 Å². The van der Waals surface area contributed by atoms with E-state index in [9.17, 15) is 4.39 Å². The topological polar surface area (TPSA) is 46.3 Å². The highest BCUT2D eigenvalue weighted by Crippen LogP contribution is 2.37. The average Bonchev–Trinajstić information content (AvgIpc) is 3.25. The number of aromatic nitrogens is 4. The molecular weight excluding hydrogens is 317 g/mol. The van der Waals surface area contributed by atoms with Crippen LogP contribution >= 0.6 is 0 Å². The Balaban J connectivity index is 1.53. The van der Waals surface area contributed by atoms with Crippen LogP contribution in [0.5, 0.6) is 0 Å². The number of fused-ring (bicyclic) bond motifs is 2. The minimum atomic E-state index is -0.309. The average molecular weight is 337 g/mol. The van der Waals surface area contributed by atoms with Crippen molar-refractivity contribution in [1.82, 2.24) is 19.8 Å². The summed E-state index contributed by atoms with van der Waals surface area (Å²) in [6, 6.07) is 10.5. The predicted molar refractivity (Wildman–Crippen MR) is 93.8 cm³/mol. The minimum Gasteiger partial charge on any atom is -0.355 e. The lowest BCUT2D eigenvalue weighted by atomic mass is 9.82. The van der Waals surface area contributed by atoms with Crippen LogP contribution in [0.1, 0.15) is 25.7 Å². The van der Waals surface area contributed by atoms with Crippen LogP contribution in [0.3, 0.4) is 0 Å². The van der Waals surface area contributed by atoms with E-state index < -0.39 is 0 Å². The first-order valence-corrected chi connectivity index (χ1v) is 9.02. The van der Waals surface area contributed by atoms with Crippen LogP contribution in [-0.4, -0.2) is 32.9 Å². The summed E-state index contributed by atoms with van der Waals surface area (Å²) in [4.78, 5) is 2.37. The molecule has 1 saturated heterocycles. The number of benzene rings is 1. The third-order valence-electron chi connectivity index (χ3n) is 5.66. The zero-order chi connectivity index (χ0) is 16.8. The normalized spacial score (nSPS) is 23.2. The second-order valence-corrected chi connectivity index (χ2v) is 7.17. The molecule has 6 heteroatoms. The van der Waals surface area contributed by atoms with Crippen molar-refractivity contribution in [2.75, 3.05) is 18.0 Å². The van der Waals surface area contributed by atoms with Crippen LogP contribution in [0.25, 0.3) is 17.0 Å². The van der Waals surface area contributed by atoms with Crippen molar-refractivity contribution in [1.29, 1.82) is 0 Å². The maximum atomic E-state index is 14.2. The van der Waals surface area contributed by atoms with E-state index in [1.165, 1.54) is 31.7 Å². The number of anilines is 1. The molecule has 128 valence electrons. The minimum absolute atomic E-state index is 0.309. The zero-order valence-electron chi connectivity index (χ0n) is 14.0. The Labute approximate surface area is 145 Å². The first-order valence-electron chi connectivity index (χ1n) is 9.02. The van der Waals surface area contributed by atoms with E-state index in [-0.39, 0.29) is 5.82 Å². The number of halogens is 1. The van der Waals surface area contributed by atoms with Crippen LogP contribution < -0.4 is 4.90 Å². The highest BCUT2D eigenvalue weighted by Gasteiger charge is 2.35. The summed E-state index contributed by atoms with van der Waals surface area (Å²) < 4.78 is 15.8. The molecule has 0 amide bonds. The molecule has 0 bridgehead atoms. The Bertz CT molecular complexity index is 907. The highest BCUT2D eigenvalue weighted by molar-refractivity contribution is 5.60. The summed E-state index contributed by atoms with van der Waals surface area (Å²) in [6.45, 7) is 2.14. The molecule has 2 fully saturated rings. The predicted octanol–water partition coefficient (Wildman–Crippen LogP) is 3.56. The molecule has 0 unspecified atom stereocenters. The first kappa shape index (κ1) is 14.8. The van der Waals surface area contributed by atoms with E-state index in [0.29, 0.717) is 17.0 Å². The Morgan fingerprint density at radius 3 is 2.44 bits per heavy atom. The van der Waals surface area contributed by atoms with Gasteiger partial charge in [-0.25, -0.2) is 4.39 Å². The van der Waals surface area contributed by atoms with Gasteiger partial charge in [-0.05, 0) is 48.9 Å². The standard InChI is InChI=1S/C19H20FN5/c20-16-8-4-3-7-15(16)19-22-21-17-9-10-18(23-25(17)19)24-11-13-5-1-2-6-14(13)12-24/h3-4,7-10,13-14H,1-2,5-6,11-12H2/t13-,14+. The monoisotopic (exact) mass is 337 g/mol. The van der Waals surface area contributed by atoms with E-state index in [0.717, 1.165) is 30.7 Å². The van der Waals surface area contributed by atoms with Crippen molar-refractivity contribution in [2.45, 2.75) is 25.7 Å². The molecule has 3 heterocycles. The van der Waals surface area contributed by atoms with Gasteiger partial charge in [0.2, 0.25) is 0 Å². The van der Waals surface area contributed by atoms with E-state index in [1.807, 2.05) is 12.1 Å². The van der Waals surface area contributed by atoms with Crippen molar-refractivity contribution in [3.63, 3.8) is 0 Å².